The van der Waals surface area contributed by atoms with Gasteiger partial charge in [0, 0.05) is 30.6 Å². The van der Waals surface area contributed by atoms with Crippen LogP contribution in [-0.4, -0.2) is 50.9 Å². The summed E-state index contributed by atoms with van der Waals surface area (Å²) in [4.78, 5) is 15.4. The lowest BCUT2D eigenvalue weighted by Crippen LogP contribution is -2.53. The van der Waals surface area contributed by atoms with E-state index in [9.17, 15) is 31.1 Å². The number of benzene rings is 1. The summed E-state index contributed by atoms with van der Waals surface area (Å²) in [6, 6.07) is 3.94. The smallest absolute Gasteiger partial charge is 0.287 e. The molecule has 10 nitrogen and oxygen atoms in total. The maximum atomic E-state index is 14.0. The van der Waals surface area contributed by atoms with Gasteiger partial charge in [-0.2, -0.15) is 8.42 Å². The number of amidine groups is 1. The van der Waals surface area contributed by atoms with Crippen LogP contribution in [0.25, 0.3) is 0 Å². The molecule has 4 atom stereocenters. The Morgan fingerprint density at radius 2 is 2.05 bits per heavy atom. The Morgan fingerprint density at radius 1 is 1.31 bits per heavy atom. The minimum atomic E-state index is -4.34. The highest BCUT2D eigenvalue weighted by Crippen LogP contribution is 2.55. The Morgan fingerprint density at radius 3 is 2.77 bits per heavy atom. The SMILES string of the molecule is CS(=O)(=O)NCc1csc2c1S(=O)(=O)N=C(C1=C(O)C3C([C@@H]4CC[C@H]3C4)N(Cc3ccc(F)c(Cl)c3)C1=O)N2. The molecule has 3 heterocycles. The van der Waals surface area contributed by atoms with Crippen molar-refractivity contribution in [2.75, 3.05) is 11.6 Å². The highest BCUT2D eigenvalue weighted by atomic mass is 35.5. The molecule has 2 aliphatic carbocycles. The fraction of sp³-hybridized carbons (Fsp3) is 0.417. The van der Waals surface area contributed by atoms with Gasteiger partial charge in [0.1, 0.15) is 27.0 Å². The predicted octanol–water partition coefficient (Wildman–Crippen LogP) is 3.37. The first-order valence-corrected chi connectivity index (χ1v) is 16.8. The van der Waals surface area contributed by atoms with Crippen LogP contribution in [0.5, 0.6) is 0 Å². The molecule has 39 heavy (non-hydrogen) atoms. The van der Waals surface area contributed by atoms with Crippen LogP contribution >= 0.6 is 22.9 Å². The molecule has 2 fully saturated rings. The fourth-order valence-corrected chi connectivity index (χ4v) is 9.60. The van der Waals surface area contributed by atoms with E-state index >= 15 is 0 Å². The average molecular weight is 615 g/mol. The monoisotopic (exact) mass is 614 g/mol. The van der Waals surface area contributed by atoms with E-state index < -0.39 is 31.8 Å². The summed E-state index contributed by atoms with van der Waals surface area (Å²) >= 11 is 7.01. The van der Waals surface area contributed by atoms with E-state index in [1.165, 1.54) is 17.5 Å². The van der Waals surface area contributed by atoms with Crippen LogP contribution < -0.4 is 10.0 Å². The first-order chi connectivity index (χ1) is 18.3. The van der Waals surface area contributed by atoms with Gasteiger partial charge >= 0.3 is 0 Å². The van der Waals surface area contributed by atoms with E-state index in [1.54, 1.807) is 11.0 Å². The number of hydrogen-bond donors (Lipinski definition) is 3. The second-order valence-corrected chi connectivity index (χ2v) is 15.0. The largest absolute Gasteiger partial charge is 0.511 e. The van der Waals surface area contributed by atoms with Crippen molar-refractivity contribution in [3.63, 3.8) is 0 Å². The molecule has 3 N–H and O–H groups in total. The Hall–Kier alpha value is -2.52. The number of amides is 1. The maximum Gasteiger partial charge on any atom is 0.287 e. The zero-order chi connectivity index (χ0) is 27.9. The van der Waals surface area contributed by atoms with Gasteiger partial charge in [-0.15, -0.1) is 15.7 Å². The van der Waals surface area contributed by atoms with Crippen LogP contribution in [0.3, 0.4) is 0 Å². The van der Waals surface area contributed by atoms with Gasteiger partial charge in [0.05, 0.1) is 11.3 Å². The molecule has 1 aromatic carbocycles. The van der Waals surface area contributed by atoms with Crippen LogP contribution in [0.4, 0.5) is 9.39 Å². The third kappa shape index (κ3) is 4.55. The minimum Gasteiger partial charge on any atom is -0.511 e. The molecule has 2 unspecified atom stereocenters. The van der Waals surface area contributed by atoms with E-state index in [1.807, 2.05) is 0 Å². The van der Waals surface area contributed by atoms with Gasteiger partial charge < -0.3 is 15.3 Å². The molecule has 0 radical (unpaired) electrons. The highest BCUT2D eigenvalue weighted by Gasteiger charge is 2.57. The molecule has 2 aromatic rings. The highest BCUT2D eigenvalue weighted by molar-refractivity contribution is 7.91. The number of hydrogen-bond acceptors (Lipinski definition) is 8. The van der Waals surface area contributed by atoms with Gasteiger partial charge in [0.2, 0.25) is 10.0 Å². The Balaban J connectivity index is 1.39. The van der Waals surface area contributed by atoms with Gasteiger partial charge in [0.25, 0.3) is 15.9 Å². The number of aliphatic hydroxyl groups excluding tert-OH is 1. The number of halogens is 2. The number of carbonyl (C=O) groups is 1. The zero-order valence-corrected chi connectivity index (χ0v) is 23.7. The van der Waals surface area contributed by atoms with Crippen molar-refractivity contribution < 1.29 is 31.1 Å². The molecule has 6 rings (SSSR count). The number of anilines is 1. The van der Waals surface area contributed by atoms with Gasteiger partial charge in [-0.25, -0.2) is 17.5 Å². The quantitative estimate of drug-likeness (QED) is 0.452. The van der Waals surface area contributed by atoms with Crippen molar-refractivity contribution in [1.29, 1.82) is 0 Å². The Labute approximate surface area is 233 Å². The third-order valence-electron chi connectivity index (χ3n) is 7.90. The second-order valence-electron chi connectivity index (χ2n) is 10.3. The van der Waals surface area contributed by atoms with Crippen molar-refractivity contribution in [3.8, 4) is 0 Å². The number of rotatable bonds is 6. The molecular weight excluding hydrogens is 591 g/mol. The molecule has 1 amide bonds. The van der Waals surface area contributed by atoms with Crippen molar-refractivity contribution in [2.24, 2.45) is 22.2 Å². The van der Waals surface area contributed by atoms with Crippen LogP contribution in [0, 0.1) is 23.6 Å². The van der Waals surface area contributed by atoms with Gasteiger partial charge in [-0.1, -0.05) is 17.7 Å². The van der Waals surface area contributed by atoms with E-state index in [2.05, 4.69) is 14.4 Å². The lowest BCUT2D eigenvalue weighted by Gasteiger charge is -2.44. The van der Waals surface area contributed by atoms with Crippen molar-refractivity contribution >= 4 is 59.7 Å². The number of aliphatic hydroxyl groups is 1. The normalized spacial score (nSPS) is 27.3. The molecule has 4 aliphatic rings. The molecule has 208 valence electrons. The lowest BCUT2D eigenvalue weighted by molar-refractivity contribution is -0.134. The molecule has 0 saturated heterocycles. The van der Waals surface area contributed by atoms with Crippen molar-refractivity contribution in [2.45, 2.75) is 43.3 Å². The molecule has 2 aliphatic heterocycles. The number of fused-ring (bicyclic) bond motifs is 6. The van der Waals surface area contributed by atoms with Crippen molar-refractivity contribution in [1.82, 2.24) is 9.62 Å². The molecular formula is C24H24ClFN4O6S3. The first kappa shape index (κ1) is 26.7. The van der Waals surface area contributed by atoms with Crippen molar-refractivity contribution in [3.05, 3.63) is 56.9 Å². The first-order valence-electron chi connectivity index (χ1n) is 12.2. The number of sulfonamides is 2. The van der Waals surface area contributed by atoms with E-state index in [-0.39, 0.29) is 74.5 Å². The van der Waals surface area contributed by atoms with Crippen LogP contribution in [-0.2, 0) is 37.9 Å². The van der Waals surface area contributed by atoms with E-state index in [0.29, 0.717) is 5.56 Å². The summed E-state index contributed by atoms with van der Waals surface area (Å²) in [5.74, 6) is -1.67. The fourth-order valence-electron chi connectivity index (χ4n) is 6.37. The summed E-state index contributed by atoms with van der Waals surface area (Å²) in [6.07, 6.45) is 3.61. The standard InChI is InChI=1S/C24H24ClFN4O6S3/c1-38(33,34)27-8-14-10-37-23-21(14)39(35,36)29-22(28-23)18-20(31)17-12-3-4-13(7-12)19(17)30(24(18)32)9-11-2-5-16(26)15(25)6-11/h2,5-6,10,12-13,17,19,27,31H,3-4,7-9H2,1H3,(H,28,29)/t12-,13+,17?,19?/m0/s1. The Bertz CT molecular complexity index is 1690. The second kappa shape index (κ2) is 9.26. The maximum absolute atomic E-state index is 14.0. The lowest BCUT2D eigenvalue weighted by atomic mass is 9.77. The van der Waals surface area contributed by atoms with Gasteiger partial charge in [-0.05, 0) is 54.2 Å². The third-order valence-corrected chi connectivity index (χ3v) is 11.3. The number of nitrogens with zero attached hydrogens (tertiary/aromatic N) is 2. The predicted molar refractivity (Wildman–Crippen MR) is 144 cm³/mol. The van der Waals surface area contributed by atoms with Gasteiger partial charge in [0.15, 0.2) is 5.84 Å². The Kier molecular flexibility index (Phi) is 6.34. The minimum absolute atomic E-state index is 0.0733. The number of thiophene rings is 1. The number of carbonyl (C=O) groups excluding carboxylic acids is 1. The molecule has 2 saturated carbocycles. The summed E-state index contributed by atoms with van der Waals surface area (Å²) in [5.41, 5.74) is 0.606. The summed E-state index contributed by atoms with van der Waals surface area (Å²) in [5, 5.41) is 15.9. The van der Waals surface area contributed by atoms with Crippen LogP contribution in [0.2, 0.25) is 5.02 Å². The van der Waals surface area contributed by atoms with E-state index in [4.69, 9.17) is 11.6 Å². The zero-order valence-electron chi connectivity index (χ0n) is 20.5. The summed E-state index contributed by atoms with van der Waals surface area (Å²) in [6.45, 7) is -0.143. The summed E-state index contributed by atoms with van der Waals surface area (Å²) < 4.78 is 69.5. The van der Waals surface area contributed by atoms with Gasteiger partial charge in [-0.3, -0.25) is 4.79 Å². The van der Waals surface area contributed by atoms with E-state index in [0.717, 1.165) is 36.9 Å². The topological polar surface area (TPSA) is 145 Å². The molecule has 15 heteroatoms. The molecule has 2 bridgehead atoms. The van der Waals surface area contributed by atoms with Crippen LogP contribution in [0.15, 0.2) is 44.2 Å². The molecule has 0 spiro atoms. The molecule has 1 aromatic heterocycles. The average Bonchev–Trinajstić information content (AvgIpc) is 3.57. The summed E-state index contributed by atoms with van der Waals surface area (Å²) in [7, 11) is -7.91. The number of nitrogens with one attached hydrogen (secondary N) is 2. The van der Waals surface area contributed by atoms with Crippen LogP contribution in [0.1, 0.15) is 30.4 Å².